The van der Waals surface area contributed by atoms with Gasteiger partial charge in [-0.25, -0.2) is 0 Å². The van der Waals surface area contributed by atoms with Gasteiger partial charge in [0, 0.05) is 6.61 Å². The maximum Gasteiger partial charge on any atom is 0.156 e. The summed E-state index contributed by atoms with van der Waals surface area (Å²) in [6, 6.07) is 0. The van der Waals surface area contributed by atoms with Crippen LogP contribution in [0.3, 0.4) is 0 Å². The number of unbranched alkanes of at least 4 members (excludes halogenated alkanes) is 9. The molecular formula is C15H31ClO2. The molecule has 0 aromatic rings. The molecule has 3 heteroatoms. The molecule has 0 radical (unpaired) electrons. The van der Waals surface area contributed by atoms with E-state index in [9.17, 15) is 0 Å². The number of hydrogen-bond acceptors (Lipinski definition) is 2. The Labute approximate surface area is 118 Å². The first-order chi connectivity index (χ1) is 8.68. The van der Waals surface area contributed by atoms with E-state index in [0.29, 0.717) is 6.61 Å². The van der Waals surface area contributed by atoms with Gasteiger partial charge in [0.15, 0.2) is 5.56 Å². The van der Waals surface area contributed by atoms with Crippen molar-refractivity contribution in [3.05, 3.63) is 0 Å². The Hall–Kier alpha value is 0.210. The molecule has 18 heavy (non-hydrogen) atoms. The Morgan fingerprint density at radius 2 is 1.33 bits per heavy atom. The molecule has 0 saturated carbocycles. The molecule has 0 aliphatic carbocycles. The quantitative estimate of drug-likeness (QED) is 0.385. The second-order valence-corrected chi connectivity index (χ2v) is 5.57. The van der Waals surface area contributed by atoms with Crippen molar-refractivity contribution in [2.75, 3.05) is 6.61 Å². The molecule has 0 aromatic heterocycles. The van der Waals surface area contributed by atoms with Gasteiger partial charge in [0.25, 0.3) is 0 Å². The summed E-state index contributed by atoms with van der Waals surface area (Å²) in [7, 11) is 0. The summed E-state index contributed by atoms with van der Waals surface area (Å²) in [5, 5.41) is 9.13. The van der Waals surface area contributed by atoms with Crippen LogP contribution in [0.25, 0.3) is 0 Å². The van der Waals surface area contributed by atoms with Gasteiger partial charge in [-0.05, 0) is 13.3 Å². The summed E-state index contributed by atoms with van der Waals surface area (Å²) in [6.45, 7) is 4.57. The van der Waals surface area contributed by atoms with Crippen LogP contribution in [-0.4, -0.2) is 23.4 Å². The Bertz CT molecular complexity index is 163. The second-order valence-electron chi connectivity index (χ2n) is 5.14. The fourth-order valence-corrected chi connectivity index (χ4v) is 2.01. The largest absolute Gasteiger partial charge is 0.389 e. The van der Waals surface area contributed by atoms with Crippen LogP contribution in [0.5, 0.6) is 0 Å². The molecule has 0 aliphatic rings. The van der Waals surface area contributed by atoms with E-state index >= 15 is 0 Å². The molecule has 0 amide bonds. The third-order valence-electron chi connectivity index (χ3n) is 3.15. The third-order valence-corrected chi connectivity index (χ3v) is 3.64. The van der Waals surface area contributed by atoms with Crippen molar-refractivity contribution in [3.63, 3.8) is 0 Å². The summed E-state index contributed by atoms with van der Waals surface area (Å²) >= 11 is 5.77. The van der Waals surface area contributed by atoms with E-state index in [2.05, 4.69) is 6.92 Å². The molecule has 0 fully saturated rings. The average Bonchev–Trinajstić information content (AvgIpc) is 2.35. The second kappa shape index (κ2) is 13.6. The van der Waals surface area contributed by atoms with Crippen LogP contribution in [0.4, 0.5) is 0 Å². The first kappa shape index (κ1) is 18.2. The summed E-state index contributed by atoms with van der Waals surface area (Å²) in [5.74, 6) is 0. The lowest BCUT2D eigenvalue weighted by molar-refractivity contribution is 0.0172. The van der Waals surface area contributed by atoms with Gasteiger partial charge in [-0.1, -0.05) is 76.3 Å². The van der Waals surface area contributed by atoms with E-state index in [1.165, 1.54) is 57.8 Å². The molecule has 0 spiro atoms. The lowest BCUT2D eigenvalue weighted by Gasteiger charge is -2.13. The molecule has 0 bridgehead atoms. The van der Waals surface area contributed by atoms with Crippen molar-refractivity contribution in [2.45, 2.75) is 89.7 Å². The number of ether oxygens (including phenoxy) is 1. The summed E-state index contributed by atoms with van der Waals surface area (Å²) in [6.07, 6.45) is 12.6. The minimum atomic E-state index is -0.588. The predicted octanol–water partition coefficient (Wildman–Crippen LogP) is 4.87. The van der Waals surface area contributed by atoms with Crippen LogP contribution in [0.2, 0.25) is 0 Å². The van der Waals surface area contributed by atoms with E-state index < -0.39 is 11.7 Å². The molecule has 2 atom stereocenters. The fourth-order valence-electron chi connectivity index (χ4n) is 1.92. The van der Waals surface area contributed by atoms with Crippen molar-refractivity contribution in [1.82, 2.24) is 0 Å². The van der Waals surface area contributed by atoms with Gasteiger partial charge in [0.05, 0.1) is 6.10 Å². The Morgan fingerprint density at radius 1 is 0.889 bits per heavy atom. The number of aliphatic hydroxyl groups is 1. The fraction of sp³-hybridized carbons (Fsp3) is 1.00. The highest BCUT2D eigenvalue weighted by atomic mass is 35.5. The summed E-state index contributed by atoms with van der Waals surface area (Å²) < 4.78 is 5.29. The molecule has 0 aliphatic heterocycles. The van der Waals surface area contributed by atoms with Crippen molar-refractivity contribution in [1.29, 1.82) is 0 Å². The van der Waals surface area contributed by atoms with E-state index in [1.54, 1.807) is 6.92 Å². The molecule has 0 heterocycles. The molecular weight excluding hydrogens is 248 g/mol. The maximum atomic E-state index is 9.13. The van der Waals surface area contributed by atoms with Gasteiger partial charge in [0.2, 0.25) is 0 Å². The predicted molar refractivity (Wildman–Crippen MR) is 79.1 cm³/mol. The van der Waals surface area contributed by atoms with Gasteiger partial charge in [-0.15, -0.1) is 0 Å². The summed E-state index contributed by atoms with van der Waals surface area (Å²) in [5.41, 5.74) is -0.552. The first-order valence-corrected chi connectivity index (χ1v) is 8.06. The van der Waals surface area contributed by atoms with Gasteiger partial charge >= 0.3 is 0 Å². The molecule has 1 N–H and O–H groups in total. The topological polar surface area (TPSA) is 29.5 Å². The van der Waals surface area contributed by atoms with Crippen LogP contribution < -0.4 is 0 Å². The monoisotopic (exact) mass is 278 g/mol. The van der Waals surface area contributed by atoms with E-state index in [0.717, 1.165) is 6.42 Å². The number of rotatable bonds is 13. The molecule has 0 aromatic carbocycles. The summed E-state index contributed by atoms with van der Waals surface area (Å²) in [4.78, 5) is 0. The smallest absolute Gasteiger partial charge is 0.156 e. The van der Waals surface area contributed by atoms with Crippen molar-refractivity contribution < 1.29 is 9.84 Å². The lowest BCUT2D eigenvalue weighted by atomic mass is 10.1. The minimum absolute atomic E-state index is 0.552. The highest BCUT2D eigenvalue weighted by Gasteiger charge is 2.10. The first-order valence-electron chi connectivity index (χ1n) is 7.62. The van der Waals surface area contributed by atoms with Gasteiger partial charge in [-0.3, -0.25) is 0 Å². The molecule has 0 saturated heterocycles. The average molecular weight is 279 g/mol. The third kappa shape index (κ3) is 12.7. The Morgan fingerprint density at radius 3 is 1.78 bits per heavy atom. The molecule has 2 unspecified atom stereocenters. The number of halogens is 1. The van der Waals surface area contributed by atoms with Crippen molar-refractivity contribution in [3.8, 4) is 0 Å². The number of aliphatic hydroxyl groups excluding tert-OH is 1. The SMILES string of the molecule is CCCCCCCCCCCCOC(Cl)C(C)O. The lowest BCUT2D eigenvalue weighted by Crippen LogP contribution is -2.20. The highest BCUT2D eigenvalue weighted by molar-refractivity contribution is 6.20. The Kier molecular flexibility index (Phi) is 13.8. The zero-order chi connectivity index (χ0) is 13.6. The van der Waals surface area contributed by atoms with Crippen LogP contribution in [-0.2, 0) is 4.74 Å². The van der Waals surface area contributed by atoms with Crippen LogP contribution in [0.15, 0.2) is 0 Å². The highest BCUT2D eigenvalue weighted by Crippen LogP contribution is 2.11. The molecule has 0 rings (SSSR count). The zero-order valence-corrected chi connectivity index (χ0v) is 12.9. The van der Waals surface area contributed by atoms with Gasteiger partial charge in [0.1, 0.15) is 0 Å². The normalized spacial score (nSPS) is 14.7. The van der Waals surface area contributed by atoms with E-state index in [-0.39, 0.29) is 0 Å². The molecule has 110 valence electrons. The van der Waals surface area contributed by atoms with Crippen molar-refractivity contribution in [2.24, 2.45) is 0 Å². The van der Waals surface area contributed by atoms with Crippen LogP contribution >= 0.6 is 11.6 Å². The minimum Gasteiger partial charge on any atom is -0.389 e. The molecule has 2 nitrogen and oxygen atoms in total. The number of alkyl halides is 1. The zero-order valence-electron chi connectivity index (χ0n) is 12.2. The van der Waals surface area contributed by atoms with E-state index in [1.807, 2.05) is 0 Å². The van der Waals surface area contributed by atoms with Crippen LogP contribution in [0, 0.1) is 0 Å². The Balaban J connectivity index is 3.03. The van der Waals surface area contributed by atoms with Gasteiger partial charge in [-0.2, -0.15) is 0 Å². The van der Waals surface area contributed by atoms with E-state index in [4.69, 9.17) is 21.4 Å². The van der Waals surface area contributed by atoms with Crippen LogP contribution in [0.1, 0.15) is 78.1 Å². The maximum absolute atomic E-state index is 9.13. The van der Waals surface area contributed by atoms with Gasteiger partial charge < -0.3 is 9.84 Å². The van der Waals surface area contributed by atoms with Crippen molar-refractivity contribution >= 4 is 11.6 Å². The number of hydrogen-bond donors (Lipinski definition) is 1. The standard InChI is InChI=1S/C15H31ClO2/c1-3-4-5-6-7-8-9-10-11-12-13-18-15(16)14(2)17/h14-15,17H,3-13H2,1-2H3.